The Bertz CT molecular complexity index is 719. The van der Waals surface area contributed by atoms with Crippen LogP contribution in [0.2, 0.25) is 0 Å². The molecule has 0 aliphatic carbocycles. The molecule has 0 bridgehead atoms. The number of aromatic nitrogens is 5. The lowest BCUT2D eigenvalue weighted by molar-refractivity contribution is 0.418. The van der Waals surface area contributed by atoms with E-state index in [0.29, 0.717) is 30.6 Å². The van der Waals surface area contributed by atoms with Gasteiger partial charge in [-0.1, -0.05) is 28.1 Å². The molecule has 0 saturated carbocycles. The Hall–Kier alpha value is -2.21. The molecule has 0 amide bonds. The van der Waals surface area contributed by atoms with Crippen LogP contribution in [0.3, 0.4) is 0 Å². The van der Waals surface area contributed by atoms with Gasteiger partial charge >= 0.3 is 0 Å². The number of benzene rings is 1. The maximum Gasteiger partial charge on any atom is 0.257 e. The Kier molecular flexibility index (Phi) is 3.96. The SMILES string of the molecule is Cc1ccc(-c2nc(Cn3cc(CCCl)nn3)no2)cc1. The van der Waals surface area contributed by atoms with Crippen molar-refractivity contribution in [3.8, 4) is 11.5 Å². The third-order valence-electron chi connectivity index (χ3n) is 3.01. The van der Waals surface area contributed by atoms with Gasteiger partial charge in [0.1, 0.15) is 6.54 Å². The van der Waals surface area contributed by atoms with Gasteiger partial charge in [-0.05, 0) is 19.1 Å². The largest absolute Gasteiger partial charge is 0.334 e. The van der Waals surface area contributed by atoms with Gasteiger partial charge in [0, 0.05) is 24.1 Å². The van der Waals surface area contributed by atoms with Crippen LogP contribution in [-0.4, -0.2) is 31.0 Å². The maximum atomic E-state index is 5.67. The Labute approximate surface area is 126 Å². The molecule has 21 heavy (non-hydrogen) atoms. The van der Waals surface area contributed by atoms with E-state index in [0.717, 1.165) is 11.3 Å². The number of rotatable bonds is 5. The Balaban J connectivity index is 1.73. The second-order valence-corrected chi connectivity index (χ2v) is 5.11. The van der Waals surface area contributed by atoms with E-state index >= 15 is 0 Å². The second-order valence-electron chi connectivity index (χ2n) is 4.73. The highest BCUT2D eigenvalue weighted by Crippen LogP contribution is 2.17. The first-order valence-electron chi connectivity index (χ1n) is 6.59. The molecule has 0 atom stereocenters. The minimum atomic E-state index is 0.421. The molecule has 2 aromatic heterocycles. The number of alkyl halides is 1. The summed E-state index contributed by atoms with van der Waals surface area (Å²) in [5.41, 5.74) is 2.95. The molecule has 0 spiro atoms. The molecule has 0 fully saturated rings. The van der Waals surface area contributed by atoms with Crippen molar-refractivity contribution < 1.29 is 4.52 Å². The summed E-state index contributed by atoms with van der Waals surface area (Å²) in [7, 11) is 0. The molecule has 0 saturated heterocycles. The van der Waals surface area contributed by atoms with Crippen LogP contribution in [0.5, 0.6) is 0 Å². The van der Waals surface area contributed by atoms with Crippen LogP contribution in [0.15, 0.2) is 35.0 Å². The standard InChI is InChI=1S/C14H14ClN5O/c1-10-2-4-11(5-3-10)14-16-13(18-21-14)9-20-8-12(6-7-15)17-19-20/h2-5,8H,6-7,9H2,1H3. The van der Waals surface area contributed by atoms with Crippen molar-refractivity contribution in [2.75, 3.05) is 5.88 Å². The van der Waals surface area contributed by atoms with Gasteiger partial charge in [0.15, 0.2) is 5.82 Å². The molecule has 108 valence electrons. The molecule has 0 N–H and O–H groups in total. The van der Waals surface area contributed by atoms with Gasteiger partial charge in [-0.25, -0.2) is 4.68 Å². The average molecular weight is 304 g/mol. The van der Waals surface area contributed by atoms with Crippen molar-refractivity contribution in [2.45, 2.75) is 19.9 Å². The zero-order chi connectivity index (χ0) is 14.7. The fourth-order valence-electron chi connectivity index (χ4n) is 1.90. The molecule has 0 radical (unpaired) electrons. The topological polar surface area (TPSA) is 69.6 Å². The minimum Gasteiger partial charge on any atom is -0.334 e. The summed E-state index contributed by atoms with van der Waals surface area (Å²) in [6, 6.07) is 7.94. The highest BCUT2D eigenvalue weighted by atomic mass is 35.5. The lowest BCUT2D eigenvalue weighted by atomic mass is 10.1. The van der Waals surface area contributed by atoms with Crippen LogP contribution in [0.4, 0.5) is 0 Å². The summed E-state index contributed by atoms with van der Waals surface area (Å²) in [5, 5.41) is 12.0. The van der Waals surface area contributed by atoms with Crippen molar-refractivity contribution in [3.63, 3.8) is 0 Å². The van der Waals surface area contributed by atoms with Gasteiger partial charge in [-0.2, -0.15) is 4.98 Å². The number of aryl methyl sites for hydroxylation is 2. The Morgan fingerprint density at radius 3 is 2.81 bits per heavy atom. The van der Waals surface area contributed by atoms with Crippen molar-refractivity contribution in [2.24, 2.45) is 0 Å². The first kappa shape index (κ1) is 13.8. The lowest BCUT2D eigenvalue weighted by Crippen LogP contribution is -2.02. The molecule has 0 aliphatic heterocycles. The fourth-order valence-corrected chi connectivity index (χ4v) is 2.10. The van der Waals surface area contributed by atoms with Gasteiger partial charge in [0.2, 0.25) is 0 Å². The van der Waals surface area contributed by atoms with E-state index in [-0.39, 0.29) is 0 Å². The van der Waals surface area contributed by atoms with Gasteiger partial charge in [-0.3, -0.25) is 0 Å². The molecule has 6 nitrogen and oxygen atoms in total. The molecule has 0 aliphatic rings. The Morgan fingerprint density at radius 1 is 1.24 bits per heavy atom. The van der Waals surface area contributed by atoms with Crippen LogP contribution in [-0.2, 0) is 13.0 Å². The predicted molar refractivity (Wildman–Crippen MR) is 78.0 cm³/mol. The van der Waals surface area contributed by atoms with Gasteiger partial charge in [0.25, 0.3) is 5.89 Å². The maximum absolute atomic E-state index is 5.67. The van der Waals surface area contributed by atoms with E-state index in [1.165, 1.54) is 5.56 Å². The molecule has 1 aromatic carbocycles. The summed E-state index contributed by atoms with van der Waals surface area (Å²) in [6.07, 6.45) is 2.53. The monoisotopic (exact) mass is 303 g/mol. The first-order valence-corrected chi connectivity index (χ1v) is 7.12. The van der Waals surface area contributed by atoms with Gasteiger partial charge in [-0.15, -0.1) is 16.7 Å². The van der Waals surface area contributed by atoms with Crippen molar-refractivity contribution in [3.05, 3.63) is 47.5 Å². The zero-order valence-electron chi connectivity index (χ0n) is 11.5. The molecule has 2 heterocycles. The van der Waals surface area contributed by atoms with E-state index in [1.54, 1.807) is 4.68 Å². The highest BCUT2D eigenvalue weighted by Gasteiger charge is 2.10. The van der Waals surface area contributed by atoms with Gasteiger partial charge in [0.05, 0.1) is 5.69 Å². The second kappa shape index (κ2) is 6.05. The smallest absolute Gasteiger partial charge is 0.257 e. The van der Waals surface area contributed by atoms with E-state index in [2.05, 4.69) is 20.5 Å². The minimum absolute atomic E-state index is 0.421. The zero-order valence-corrected chi connectivity index (χ0v) is 12.3. The third-order valence-corrected chi connectivity index (χ3v) is 3.20. The highest BCUT2D eigenvalue weighted by molar-refractivity contribution is 6.17. The first-order chi connectivity index (χ1) is 10.2. The van der Waals surface area contributed by atoms with Crippen LogP contribution < -0.4 is 0 Å². The number of nitrogens with zero attached hydrogens (tertiary/aromatic N) is 5. The van der Waals surface area contributed by atoms with E-state index < -0.39 is 0 Å². The summed E-state index contributed by atoms with van der Waals surface area (Å²) < 4.78 is 6.95. The third kappa shape index (κ3) is 3.28. The normalized spacial score (nSPS) is 11.0. The summed E-state index contributed by atoms with van der Waals surface area (Å²) in [5.74, 6) is 1.59. The molecule has 0 unspecified atom stereocenters. The molecular weight excluding hydrogens is 290 g/mol. The van der Waals surface area contributed by atoms with E-state index in [4.69, 9.17) is 16.1 Å². The number of hydrogen-bond donors (Lipinski definition) is 0. The van der Waals surface area contributed by atoms with Crippen molar-refractivity contribution in [1.29, 1.82) is 0 Å². The molecule has 7 heteroatoms. The van der Waals surface area contributed by atoms with Crippen LogP contribution in [0.1, 0.15) is 17.1 Å². The van der Waals surface area contributed by atoms with Crippen LogP contribution >= 0.6 is 11.6 Å². The van der Waals surface area contributed by atoms with Crippen LogP contribution in [0.25, 0.3) is 11.5 Å². The predicted octanol–water partition coefficient (Wildman–Crippen LogP) is 2.47. The van der Waals surface area contributed by atoms with E-state index in [1.807, 2.05) is 37.4 Å². The van der Waals surface area contributed by atoms with Crippen molar-refractivity contribution in [1.82, 2.24) is 25.1 Å². The number of hydrogen-bond acceptors (Lipinski definition) is 5. The van der Waals surface area contributed by atoms with Crippen LogP contribution in [0, 0.1) is 6.92 Å². The lowest BCUT2D eigenvalue weighted by Gasteiger charge is -1.94. The fraction of sp³-hybridized carbons (Fsp3) is 0.286. The molecule has 3 rings (SSSR count). The number of halogens is 1. The average Bonchev–Trinajstić information content (AvgIpc) is 3.11. The molecular formula is C14H14ClN5O. The Morgan fingerprint density at radius 2 is 2.05 bits per heavy atom. The van der Waals surface area contributed by atoms with Gasteiger partial charge < -0.3 is 4.52 Å². The van der Waals surface area contributed by atoms with Crippen molar-refractivity contribution >= 4 is 11.6 Å². The summed E-state index contributed by atoms with van der Waals surface area (Å²) in [4.78, 5) is 4.37. The quantitative estimate of drug-likeness (QED) is 0.677. The summed E-state index contributed by atoms with van der Waals surface area (Å²) in [6.45, 7) is 2.46. The summed E-state index contributed by atoms with van der Waals surface area (Å²) >= 11 is 5.67. The van der Waals surface area contributed by atoms with E-state index in [9.17, 15) is 0 Å². The molecule has 3 aromatic rings.